The zero-order valence-electron chi connectivity index (χ0n) is 10.2. The summed E-state index contributed by atoms with van der Waals surface area (Å²) in [4.78, 5) is 11.1. The molecular weight excluding hydrogens is 252 g/mol. The van der Waals surface area contributed by atoms with Gasteiger partial charge in [0.15, 0.2) is 0 Å². The predicted octanol–water partition coefficient (Wildman–Crippen LogP) is 1.99. The highest BCUT2D eigenvalue weighted by Gasteiger charge is 2.09. The lowest BCUT2D eigenvalue weighted by Gasteiger charge is -2.00. The van der Waals surface area contributed by atoms with Crippen molar-refractivity contribution in [3.8, 4) is 0 Å². The zero-order valence-corrected chi connectivity index (χ0v) is 11.0. The van der Waals surface area contributed by atoms with Gasteiger partial charge in [0.1, 0.15) is 0 Å². The lowest BCUT2D eigenvalue weighted by atomic mass is 10.2. The molecule has 2 rings (SSSR count). The van der Waals surface area contributed by atoms with Crippen LogP contribution in [-0.4, -0.2) is 14.7 Å². The molecule has 0 bridgehead atoms. The SMILES string of the molecule is Cc1nn(C)cc1CNCc1ccc([N+](=O)[O-])s1. The number of aromatic nitrogens is 2. The molecule has 96 valence electrons. The van der Waals surface area contributed by atoms with Crippen molar-refractivity contribution < 1.29 is 4.92 Å². The molecule has 0 saturated carbocycles. The highest BCUT2D eigenvalue weighted by Crippen LogP contribution is 2.23. The van der Waals surface area contributed by atoms with Gasteiger partial charge in [0.25, 0.3) is 0 Å². The van der Waals surface area contributed by atoms with E-state index in [1.165, 1.54) is 17.4 Å². The van der Waals surface area contributed by atoms with Gasteiger partial charge in [-0.2, -0.15) is 5.10 Å². The molecule has 0 radical (unpaired) electrons. The van der Waals surface area contributed by atoms with E-state index in [4.69, 9.17) is 0 Å². The molecule has 6 nitrogen and oxygen atoms in total. The van der Waals surface area contributed by atoms with Crippen LogP contribution in [0.2, 0.25) is 0 Å². The topological polar surface area (TPSA) is 73.0 Å². The number of aryl methyl sites for hydroxylation is 2. The first-order chi connectivity index (χ1) is 8.56. The molecule has 0 aliphatic rings. The second-order valence-corrected chi connectivity index (χ2v) is 5.16. The largest absolute Gasteiger partial charge is 0.324 e. The van der Waals surface area contributed by atoms with E-state index in [1.807, 2.05) is 20.2 Å². The van der Waals surface area contributed by atoms with Crippen LogP contribution in [0.3, 0.4) is 0 Å². The second kappa shape index (κ2) is 5.28. The molecule has 0 amide bonds. The van der Waals surface area contributed by atoms with Gasteiger partial charge in [-0.25, -0.2) is 0 Å². The molecular formula is C11H14N4O2S. The summed E-state index contributed by atoms with van der Waals surface area (Å²) >= 11 is 1.20. The van der Waals surface area contributed by atoms with Crippen LogP contribution in [-0.2, 0) is 20.1 Å². The molecule has 1 N–H and O–H groups in total. The maximum absolute atomic E-state index is 10.5. The third-order valence-corrected chi connectivity index (χ3v) is 3.59. The Morgan fingerprint density at radius 2 is 2.28 bits per heavy atom. The lowest BCUT2D eigenvalue weighted by Crippen LogP contribution is -2.11. The third-order valence-electron chi connectivity index (χ3n) is 2.56. The molecule has 18 heavy (non-hydrogen) atoms. The Morgan fingerprint density at radius 1 is 1.50 bits per heavy atom. The number of hydrogen-bond acceptors (Lipinski definition) is 5. The van der Waals surface area contributed by atoms with E-state index in [2.05, 4.69) is 10.4 Å². The van der Waals surface area contributed by atoms with Crippen LogP contribution in [0.25, 0.3) is 0 Å². The zero-order chi connectivity index (χ0) is 13.1. The second-order valence-electron chi connectivity index (χ2n) is 4.01. The summed E-state index contributed by atoms with van der Waals surface area (Å²) in [6, 6.07) is 3.32. The monoisotopic (exact) mass is 266 g/mol. The Kier molecular flexibility index (Phi) is 3.73. The highest BCUT2D eigenvalue weighted by molar-refractivity contribution is 7.15. The van der Waals surface area contributed by atoms with Crippen molar-refractivity contribution in [2.75, 3.05) is 0 Å². The van der Waals surface area contributed by atoms with Gasteiger partial charge in [-0.15, -0.1) is 0 Å². The molecule has 0 aromatic carbocycles. The predicted molar refractivity (Wildman–Crippen MR) is 69.5 cm³/mol. The molecule has 0 saturated heterocycles. The average molecular weight is 266 g/mol. The van der Waals surface area contributed by atoms with Crippen LogP contribution in [0.15, 0.2) is 18.3 Å². The van der Waals surface area contributed by atoms with Gasteiger partial charge in [0.05, 0.1) is 10.6 Å². The van der Waals surface area contributed by atoms with Crippen molar-refractivity contribution in [2.45, 2.75) is 20.0 Å². The number of hydrogen-bond donors (Lipinski definition) is 1. The molecule has 2 heterocycles. The fraction of sp³-hybridized carbons (Fsp3) is 0.364. The van der Waals surface area contributed by atoms with Gasteiger partial charge in [-0.1, -0.05) is 11.3 Å². The lowest BCUT2D eigenvalue weighted by molar-refractivity contribution is -0.380. The first-order valence-corrected chi connectivity index (χ1v) is 6.31. The Bertz CT molecular complexity index is 561. The smallest absolute Gasteiger partial charge is 0.308 e. The number of nitro groups is 1. The van der Waals surface area contributed by atoms with Crippen LogP contribution < -0.4 is 5.32 Å². The molecule has 0 aliphatic carbocycles. The van der Waals surface area contributed by atoms with Crippen LogP contribution >= 0.6 is 11.3 Å². The summed E-state index contributed by atoms with van der Waals surface area (Å²) < 4.78 is 1.78. The normalized spacial score (nSPS) is 10.8. The Balaban J connectivity index is 1.88. The number of nitrogens with zero attached hydrogens (tertiary/aromatic N) is 3. The molecule has 0 fully saturated rings. The van der Waals surface area contributed by atoms with Gasteiger partial charge in [-0.3, -0.25) is 14.8 Å². The Morgan fingerprint density at radius 3 is 2.83 bits per heavy atom. The molecule has 0 spiro atoms. The van der Waals surface area contributed by atoms with E-state index < -0.39 is 0 Å². The van der Waals surface area contributed by atoms with E-state index in [0.29, 0.717) is 13.1 Å². The maximum Gasteiger partial charge on any atom is 0.324 e. The fourth-order valence-corrected chi connectivity index (χ4v) is 2.49. The van der Waals surface area contributed by atoms with E-state index in [0.717, 1.165) is 16.1 Å². The standard InChI is InChI=1S/C11H14N4O2S/c1-8-9(7-14(2)13-8)5-12-6-10-3-4-11(18-10)15(16)17/h3-4,7,12H,5-6H2,1-2H3. The Labute approximate surface area is 108 Å². The molecule has 2 aromatic heterocycles. The summed E-state index contributed by atoms with van der Waals surface area (Å²) in [6.45, 7) is 3.31. The van der Waals surface area contributed by atoms with Crippen LogP contribution in [0, 0.1) is 17.0 Å². The third kappa shape index (κ3) is 2.93. The number of nitrogens with one attached hydrogen (secondary N) is 1. The summed E-state index contributed by atoms with van der Waals surface area (Å²) in [5.74, 6) is 0. The quantitative estimate of drug-likeness (QED) is 0.663. The first-order valence-electron chi connectivity index (χ1n) is 5.49. The van der Waals surface area contributed by atoms with Crippen molar-refractivity contribution >= 4 is 16.3 Å². The first kappa shape index (κ1) is 12.7. The Hall–Kier alpha value is -1.73. The molecule has 0 atom stereocenters. The molecule has 0 aliphatic heterocycles. The van der Waals surface area contributed by atoms with Gasteiger partial charge in [0, 0.05) is 42.8 Å². The minimum Gasteiger partial charge on any atom is -0.308 e. The van der Waals surface area contributed by atoms with Gasteiger partial charge < -0.3 is 5.32 Å². The minimum atomic E-state index is -0.362. The van der Waals surface area contributed by atoms with Crippen molar-refractivity contribution in [1.29, 1.82) is 0 Å². The maximum atomic E-state index is 10.5. The molecule has 7 heteroatoms. The summed E-state index contributed by atoms with van der Waals surface area (Å²) in [5, 5.41) is 18.2. The van der Waals surface area contributed by atoms with Gasteiger partial charge in [-0.05, 0) is 13.0 Å². The summed E-state index contributed by atoms with van der Waals surface area (Å²) in [7, 11) is 1.89. The van der Waals surface area contributed by atoms with Crippen molar-refractivity contribution in [2.24, 2.45) is 7.05 Å². The van der Waals surface area contributed by atoms with E-state index in [-0.39, 0.29) is 9.92 Å². The number of rotatable bonds is 5. The van der Waals surface area contributed by atoms with E-state index >= 15 is 0 Å². The minimum absolute atomic E-state index is 0.185. The van der Waals surface area contributed by atoms with Crippen LogP contribution in [0.1, 0.15) is 16.1 Å². The van der Waals surface area contributed by atoms with Crippen molar-refractivity contribution in [3.63, 3.8) is 0 Å². The molecule has 0 unspecified atom stereocenters. The van der Waals surface area contributed by atoms with Gasteiger partial charge >= 0.3 is 5.00 Å². The summed E-state index contributed by atoms with van der Waals surface area (Å²) in [5.41, 5.74) is 2.14. The van der Waals surface area contributed by atoms with Crippen molar-refractivity contribution in [1.82, 2.24) is 15.1 Å². The van der Waals surface area contributed by atoms with E-state index in [9.17, 15) is 10.1 Å². The average Bonchev–Trinajstić information content (AvgIpc) is 2.87. The van der Waals surface area contributed by atoms with Gasteiger partial charge in [0.2, 0.25) is 0 Å². The fourth-order valence-electron chi connectivity index (χ4n) is 1.70. The van der Waals surface area contributed by atoms with E-state index in [1.54, 1.807) is 10.7 Å². The highest BCUT2D eigenvalue weighted by atomic mass is 32.1. The number of thiophene rings is 1. The van der Waals surface area contributed by atoms with Crippen LogP contribution in [0.4, 0.5) is 5.00 Å². The summed E-state index contributed by atoms with van der Waals surface area (Å²) in [6.07, 6.45) is 1.97. The molecule has 2 aromatic rings. The van der Waals surface area contributed by atoms with Crippen LogP contribution in [0.5, 0.6) is 0 Å². The van der Waals surface area contributed by atoms with Crippen molar-refractivity contribution in [3.05, 3.63) is 44.6 Å².